The van der Waals surface area contributed by atoms with Gasteiger partial charge in [0.2, 0.25) is 6.29 Å². The molecule has 1 amide bonds. The van der Waals surface area contributed by atoms with Gasteiger partial charge in [0.25, 0.3) is 5.91 Å². The number of nitrogens with two attached hydrogens (primary N) is 1. The third kappa shape index (κ3) is 4.25. The maximum atomic E-state index is 12.9. The minimum Gasteiger partial charge on any atom is -0.343 e. The van der Waals surface area contributed by atoms with Gasteiger partial charge in [0.15, 0.2) is 0 Å². The molecule has 1 aromatic carbocycles. The van der Waals surface area contributed by atoms with Gasteiger partial charge < -0.3 is 20.1 Å². The number of nitrogens with zero attached hydrogens (tertiary/aromatic N) is 4. The van der Waals surface area contributed by atoms with Crippen molar-refractivity contribution in [3.05, 3.63) is 47.2 Å². The normalized spacial score (nSPS) is 21.0. The third-order valence-corrected chi connectivity index (χ3v) is 7.27. The number of amides is 1. The zero-order valence-corrected chi connectivity index (χ0v) is 19.6. The lowest BCUT2D eigenvalue weighted by Gasteiger charge is -2.32. The minimum absolute atomic E-state index is 0.0150. The fraction of sp³-hybridized carbons (Fsp3) is 0.520. The molecular weight excluding hydrogens is 414 g/mol. The summed E-state index contributed by atoms with van der Waals surface area (Å²) in [6.45, 7) is 2.16. The van der Waals surface area contributed by atoms with Crippen molar-refractivity contribution in [3.8, 4) is 0 Å². The number of hydrogen-bond donors (Lipinski definition) is 3. The molecule has 2 fully saturated rings. The first-order chi connectivity index (χ1) is 16.0. The van der Waals surface area contributed by atoms with E-state index in [0.717, 1.165) is 43.0 Å². The zero-order chi connectivity index (χ0) is 22.9. The quantitative estimate of drug-likeness (QED) is 0.481. The molecule has 1 aliphatic carbocycles. The second kappa shape index (κ2) is 9.19. The van der Waals surface area contributed by atoms with E-state index in [0.29, 0.717) is 17.7 Å². The predicted molar refractivity (Wildman–Crippen MR) is 133 cm³/mol. The van der Waals surface area contributed by atoms with E-state index in [-0.39, 0.29) is 5.91 Å². The molecule has 8 nitrogen and oxygen atoms in total. The first-order valence-electron chi connectivity index (χ1n) is 12.1. The maximum absolute atomic E-state index is 12.9. The van der Waals surface area contributed by atoms with Gasteiger partial charge in [-0.25, -0.2) is 10.8 Å². The third-order valence-electron chi connectivity index (χ3n) is 7.27. The summed E-state index contributed by atoms with van der Waals surface area (Å²) < 4.78 is 2.19. The average Bonchev–Trinajstić information content (AvgIpc) is 3.51. The van der Waals surface area contributed by atoms with Crippen molar-refractivity contribution in [3.63, 3.8) is 0 Å². The monoisotopic (exact) mass is 449 g/mol. The van der Waals surface area contributed by atoms with E-state index in [4.69, 9.17) is 5.84 Å². The van der Waals surface area contributed by atoms with E-state index < -0.39 is 6.29 Å². The number of piperidine rings is 1. The van der Waals surface area contributed by atoms with Gasteiger partial charge in [-0.05, 0) is 68.5 Å². The Morgan fingerprint density at radius 3 is 2.45 bits per heavy atom. The summed E-state index contributed by atoms with van der Waals surface area (Å²) in [4.78, 5) is 19.2. The molecule has 176 valence electrons. The van der Waals surface area contributed by atoms with Crippen LogP contribution in [0.25, 0.3) is 0 Å². The smallest absolute Gasteiger partial charge is 0.270 e. The van der Waals surface area contributed by atoms with Gasteiger partial charge in [0, 0.05) is 31.9 Å². The van der Waals surface area contributed by atoms with E-state index >= 15 is 0 Å². The van der Waals surface area contributed by atoms with Gasteiger partial charge in [0.1, 0.15) is 11.5 Å². The van der Waals surface area contributed by atoms with Crippen LogP contribution in [0.1, 0.15) is 72.1 Å². The largest absolute Gasteiger partial charge is 0.343 e. The van der Waals surface area contributed by atoms with Gasteiger partial charge in [-0.2, -0.15) is 0 Å². The first-order valence-corrected chi connectivity index (χ1v) is 12.1. The van der Waals surface area contributed by atoms with Crippen LogP contribution in [-0.2, 0) is 0 Å². The fourth-order valence-electron chi connectivity index (χ4n) is 5.40. The number of aliphatic imine (C=N–C) groups is 1. The Morgan fingerprint density at radius 1 is 1.09 bits per heavy atom. The highest BCUT2D eigenvalue weighted by molar-refractivity contribution is 5.99. The van der Waals surface area contributed by atoms with E-state index in [1.807, 2.05) is 12.3 Å². The maximum Gasteiger partial charge on any atom is 0.270 e. The summed E-state index contributed by atoms with van der Waals surface area (Å²) in [5.41, 5.74) is 3.94. The molecule has 2 aromatic rings. The Balaban J connectivity index is 1.38. The highest BCUT2D eigenvalue weighted by atomic mass is 16.2. The average molecular weight is 450 g/mol. The highest BCUT2D eigenvalue weighted by Gasteiger charge is 2.31. The number of aromatic nitrogens is 1. The molecule has 3 heterocycles. The first kappa shape index (κ1) is 22.0. The topological polar surface area (TPSA) is 90.9 Å². The summed E-state index contributed by atoms with van der Waals surface area (Å²) in [6, 6.07) is 10.8. The van der Waals surface area contributed by atoms with Gasteiger partial charge in [-0.1, -0.05) is 25.0 Å². The van der Waals surface area contributed by atoms with Crippen molar-refractivity contribution in [2.24, 2.45) is 10.8 Å². The van der Waals surface area contributed by atoms with Gasteiger partial charge >= 0.3 is 0 Å². The lowest BCUT2D eigenvalue weighted by molar-refractivity contribution is 0.0815. The standard InChI is InChI=1S/C25H35N7O/c1-30(2)24(33)22-15-19-16-28-25(29-23(19)31(22)20-5-3-4-6-20)32(26)21-9-7-17(8-10-21)18-11-13-27-14-12-18/h7-10,15-16,18,20,25,27,29H,3-6,11-14,26H2,1-2H3. The van der Waals surface area contributed by atoms with Crippen LogP contribution in [0, 0.1) is 0 Å². The number of carbonyl (C=O) groups excluding carboxylic acids is 1. The molecule has 1 aromatic heterocycles. The molecule has 4 N–H and O–H groups in total. The number of carbonyl (C=O) groups is 1. The van der Waals surface area contributed by atoms with Crippen molar-refractivity contribution in [2.75, 3.05) is 37.5 Å². The van der Waals surface area contributed by atoms with Crippen molar-refractivity contribution in [2.45, 2.75) is 56.8 Å². The van der Waals surface area contributed by atoms with E-state index in [1.165, 1.54) is 31.2 Å². The Bertz CT molecular complexity index is 1010. The number of rotatable bonds is 5. The van der Waals surface area contributed by atoms with Crippen molar-refractivity contribution in [1.82, 2.24) is 14.8 Å². The number of nitrogens with one attached hydrogen (secondary N) is 2. The van der Waals surface area contributed by atoms with Crippen LogP contribution < -0.4 is 21.5 Å². The van der Waals surface area contributed by atoms with E-state index in [2.05, 4.69) is 44.5 Å². The molecule has 33 heavy (non-hydrogen) atoms. The molecule has 8 heteroatoms. The van der Waals surface area contributed by atoms with E-state index in [1.54, 1.807) is 24.0 Å². The summed E-state index contributed by atoms with van der Waals surface area (Å²) in [5.74, 6) is 8.10. The Kier molecular flexibility index (Phi) is 6.12. The van der Waals surface area contributed by atoms with Crippen LogP contribution in [0.15, 0.2) is 35.3 Å². The Labute approximate surface area is 195 Å². The molecule has 1 unspecified atom stereocenters. The molecule has 0 bridgehead atoms. The SMILES string of the molecule is CN(C)C(=O)c1cc2c(n1C1CCCC1)NC(N(N)c1ccc(C3CCNCC3)cc1)N=C2. The van der Waals surface area contributed by atoms with Crippen LogP contribution >= 0.6 is 0 Å². The predicted octanol–water partition coefficient (Wildman–Crippen LogP) is 3.28. The molecule has 0 radical (unpaired) electrons. The molecule has 5 rings (SSSR count). The second-order valence-corrected chi connectivity index (χ2v) is 9.66. The molecular formula is C25H35N7O. The van der Waals surface area contributed by atoms with Crippen molar-refractivity contribution < 1.29 is 4.79 Å². The van der Waals surface area contributed by atoms with Gasteiger partial charge in [0.05, 0.1) is 5.69 Å². The molecule has 0 spiro atoms. The molecule has 1 saturated heterocycles. The second-order valence-electron chi connectivity index (χ2n) is 9.66. The number of fused-ring (bicyclic) bond motifs is 1. The van der Waals surface area contributed by atoms with Crippen LogP contribution in [0.4, 0.5) is 11.5 Å². The highest BCUT2D eigenvalue weighted by Crippen LogP contribution is 2.37. The lowest BCUT2D eigenvalue weighted by atomic mass is 9.90. The van der Waals surface area contributed by atoms with Crippen molar-refractivity contribution >= 4 is 23.6 Å². The number of hydrazine groups is 1. The van der Waals surface area contributed by atoms with Crippen LogP contribution in [0.3, 0.4) is 0 Å². The summed E-state index contributed by atoms with van der Waals surface area (Å²) in [5, 5.41) is 8.62. The van der Waals surface area contributed by atoms with Crippen LogP contribution in [-0.4, -0.2) is 55.1 Å². The van der Waals surface area contributed by atoms with Gasteiger partial charge in [-0.3, -0.25) is 9.80 Å². The van der Waals surface area contributed by atoms with Crippen LogP contribution in [0.2, 0.25) is 0 Å². The fourth-order valence-corrected chi connectivity index (χ4v) is 5.40. The van der Waals surface area contributed by atoms with Gasteiger partial charge in [-0.15, -0.1) is 0 Å². The minimum atomic E-state index is -0.431. The number of benzene rings is 1. The molecule has 1 saturated carbocycles. The molecule has 1 atom stereocenters. The van der Waals surface area contributed by atoms with E-state index in [9.17, 15) is 4.79 Å². The lowest BCUT2D eigenvalue weighted by Crippen LogP contribution is -2.46. The Morgan fingerprint density at radius 2 is 1.79 bits per heavy atom. The summed E-state index contributed by atoms with van der Waals surface area (Å²) in [6.07, 6.45) is 8.32. The number of hydrogen-bond acceptors (Lipinski definition) is 6. The van der Waals surface area contributed by atoms with Crippen LogP contribution in [0.5, 0.6) is 0 Å². The summed E-state index contributed by atoms with van der Waals surface area (Å²) >= 11 is 0. The molecule has 2 aliphatic heterocycles. The summed E-state index contributed by atoms with van der Waals surface area (Å²) in [7, 11) is 3.60. The zero-order valence-electron chi connectivity index (χ0n) is 19.6. The van der Waals surface area contributed by atoms with Crippen molar-refractivity contribution in [1.29, 1.82) is 0 Å². The molecule has 3 aliphatic rings. The number of anilines is 2. The Hall–Kier alpha value is -2.84.